The van der Waals surface area contributed by atoms with Gasteiger partial charge in [-0.2, -0.15) is 0 Å². The lowest BCUT2D eigenvalue weighted by molar-refractivity contribution is 0.102. The lowest BCUT2D eigenvalue weighted by Crippen LogP contribution is -2.12. The zero-order chi connectivity index (χ0) is 20.5. The van der Waals surface area contributed by atoms with Gasteiger partial charge in [0.1, 0.15) is 11.3 Å². The van der Waals surface area contributed by atoms with E-state index in [-0.39, 0.29) is 5.91 Å². The van der Waals surface area contributed by atoms with Crippen LogP contribution in [0.15, 0.2) is 59.0 Å². The van der Waals surface area contributed by atoms with Crippen LogP contribution < -0.4 is 10.1 Å². The Hall–Kier alpha value is -3.02. The van der Waals surface area contributed by atoms with Gasteiger partial charge in [0.25, 0.3) is 5.91 Å². The van der Waals surface area contributed by atoms with Crippen molar-refractivity contribution in [1.82, 2.24) is 4.98 Å². The summed E-state index contributed by atoms with van der Waals surface area (Å²) >= 11 is 12.2. The van der Waals surface area contributed by atoms with Crippen LogP contribution in [0.1, 0.15) is 15.9 Å². The van der Waals surface area contributed by atoms with E-state index in [1.165, 1.54) is 0 Å². The summed E-state index contributed by atoms with van der Waals surface area (Å²) in [5, 5.41) is 3.81. The number of benzene rings is 3. The van der Waals surface area contributed by atoms with Crippen LogP contribution in [0, 0.1) is 6.92 Å². The predicted octanol–water partition coefficient (Wildman–Crippen LogP) is 6.37. The number of ether oxygens (including phenoxy) is 1. The number of amides is 1. The predicted molar refractivity (Wildman–Crippen MR) is 115 cm³/mol. The van der Waals surface area contributed by atoms with Gasteiger partial charge in [0.05, 0.1) is 12.1 Å². The number of aryl methyl sites for hydroxylation is 1. The summed E-state index contributed by atoms with van der Waals surface area (Å²) in [6, 6.07) is 15.8. The van der Waals surface area contributed by atoms with Crippen LogP contribution in [0.4, 0.5) is 5.69 Å². The van der Waals surface area contributed by atoms with Gasteiger partial charge in [-0.25, -0.2) is 4.98 Å². The maximum atomic E-state index is 12.6. The molecule has 0 aliphatic heterocycles. The standard InChI is InChI=1S/C22H16Cl2N2O3/c1-12-3-4-14(22-26-19-11-15(23)10-17(24)20(19)29-22)9-18(12)25-21(27)13-5-7-16(28-2)8-6-13/h3-11H,1-2H3,(H,25,27). The van der Waals surface area contributed by atoms with Crippen LogP contribution in [0.2, 0.25) is 10.0 Å². The van der Waals surface area contributed by atoms with Crippen molar-refractivity contribution in [3.63, 3.8) is 0 Å². The fourth-order valence-corrected chi connectivity index (χ4v) is 3.43. The quantitative estimate of drug-likeness (QED) is 0.411. The molecule has 1 amide bonds. The minimum absolute atomic E-state index is 0.222. The third-order valence-electron chi connectivity index (χ3n) is 4.49. The molecule has 0 unspecified atom stereocenters. The SMILES string of the molecule is COc1ccc(C(=O)Nc2cc(-c3nc4cc(Cl)cc(Cl)c4o3)ccc2C)cc1. The molecule has 4 aromatic rings. The molecule has 0 bridgehead atoms. The van der Waals surface area contributed by atoms with Gasteiger partial charge in [-0.15, -0.1) is 0 Å². The number of carbonyl (C=O) groups is 1. The Labute approximate surface area is 177 Å². The molecule has 7 heteroatoms. The number of methoxy groups -OCH3 is 1. The molecule has 0 atom stereocenters. The fraction of sp³-hybridized carbons (Fsp3) is 0.0909. The van der Waals surface area contributed by atoms with Crippen LogP contribution in [-0.2, 0) is 0 Å². The summed E-state index contributed by atoms with van der Waals surface area (Å²) in [7, 11) is 1.58. The van der Waals surface area contributed by atoms with Crippen molar-refractivity contribution in [2.75, 3.05) is 12.4 Å². The molecule has 1 heterocycles. The summed E-state index contributed by atoms with van der Waals surface area (Å²) in [4.78, 5) is 17.1. The highest BCUT2D eigenvalue weighted by Gasteiger charge is 2.14. The highest BCUT2D eigenvalue weighted by molar-refractivity contribution is 6.38. The van der Waals surface area contributed by atoms with Gasteiger partial charge in [-0.1, -0.05) is 29.3 Å². The molecule has 0 fully saturated rings. The second-order valence-corrected chi connectivity index (χ2v) is 7.31. The van der Waals surface area contributed by atoms with Crippen molar-refractivity contribution in [3.05, 3.63) is 75.8 Å². The first-order chi connectivity index (χ1) is 13.9. The molecule has 4 rings (SSSR count). The Kier molecular flexibility index (Phi) is 5.18. The van der Waals surface area contributed by atoms with E-state index < -0.39 is 0 Å². The van der Waals surface area contributed by atoms with Gasteiger partial charge in [-0.3, -0.25) is 4.79 Å². The highest BCUT2D eigenvalue weighted by Crippen LogP contribution is 2.33. The van der Waals surface area contributed by atoms with Crippen LogP contribution in [-0.4, -0.2) is 18.0 Å². The minimum Gasteiger partial charge on any atom is -0.497 e. The van der Waals surface area contributed by atoms with Crippen LogP contribution in [0.5, 0.6) is 5.75 Å². The molecule has 0 radical (unpaired) electrons. The van der Waals surface area contributed by atoms with Crippen molar-refractivity contribution < 1.29 is 13.9 Å². The topological polar surface area (TPSA) is 64.4 Å². The van der Waals surface area contributed by atoms with Crippen LogP contribution in [0.3, 0.4) is 0 Å². The van der Waals surface area contributed by atoms with E-state index in [4.69, 9.17) is 32.4 Å². The first kappa shape index (κ1) is 19.3. The maximum Gasteiger partial charge on any atom is 0.255 e. The van der Waals surface area contributed by atoms with E-state index in [2.05, 4.69) is 10.3 Å². The fourth-order valence-electron chi connectivity index (χ4n) is 2.91. The average Bonchev–Trinajstić information content (AvgIpc) is 3.14. The number of fused-ring (bicyclic) bond motifs is 1. The second-order valence-electron chi connectivity index (χ2n) is 6.47. The van der Waals surface area contributed by atoms with Crippen LogP contribution in [0.25, 0.3) is 22.6 Å². The number of hydrogen-bond acceptors (Lipinski definition) is 4. The monoisotopic (exact) mass is 426 g/mol. The summed E-state index contributed by atoms with van der Waals surface area (Å²) in [5.74, 6) is 0.860. The molecule has 1 N–H and O–H groups in total. The number of nitrogens with one attached hydrogen (secondary N) is 1. The number of nitrogens with zero attached hydrogens (tertiary/aromatic N) is 1. The maximum absolute atomic E-state index is 12.6. The molecule has 1 aromatic heterocycles. The molecule has 0 saturated heterocycles. The summed E-state index contributed by atoms with van der Waals surface area (Å²) in [6.45, 7) is 1.91. The molecule has 146 valence electrons. The number of aromatic nitrogens is 1. The van der Waals surface area contributed by atoms with Gasteiger partial charge < -0.3 is 14.5 Å². The van der Waals surface area contributed by atoms with Gasteiger partial charge >= 0.3 is 0 Å². The first-order valence-corrected chi connectivity index (χ1v) is 9.52. The number of rotatable bonds is 4. The Morgan fingerprint density at radius 3 is 2.55 bits per heavy atom. The van der Waals surface area contributed by atoms with Gasteiger partial charge in [0, 0.05) is 21.8 Å². The molecule has 5 nitrogen and oxygen atoms in total. The molecule has 29 heavy (non-hydrogen) atoms. The number of anilines is 1. The number of oxazole rings is 1. The molecule has 0 saturated carbocycles. The highest BCUT2D eigenvalue weighted by atomic mass is 35.5. The lowest BCUT2D eigenvalue weighted by Gasteiger charge is -2.10. The Morgan fingerprint density at radius 1 is 1.07 bits per heavy atom. The molecule has 3 aromatic carbocycles. The minimum atomic E-state index is -0.222. The summed E-state index contributed by atoms with van der Waals surface area (Å²) in [5.41, 5.74) is 3.85. The van der Waals surface area contributed by atoms with E-state index in [0.717, 1.165) is 5.56 Å². The first-order valence-electron chi connectivity index (χ1n) is 8.76. The van der Waals surface area contributed by atoms with Gasteiger partial charge in [0.2, 0.25) is 5.89 Å². The van der Waals surface area contributed by atoms with Crippen molar-refractivity contribution in [3.8, 4) is 17.2 Å². The molecular formula is C22H16Cl2N2O3. The Balaban J connectivity index is 1.65. The number of hydrogen-bond donors (Lipinski definition) is 1. The normalized spacial score (nSPS) is 10.9. The van der Waals surface area contributed by atoms with E-state index in [0.29, 0.717) is 49.6 Å². The smallest absolute Gasteiger partial charge is 0.255 e. The Morgan fingerprint density at radius 2 is 1.83 bits per heavy atom. The second kappa shape index (κ2) is 7.78. The van der Waals surface area contributed by atoms with Crippen molar-refractivity contribution in [1.29, 1.82) is 0 Å². The molecule has 0 aliphatic carbocycles. The summed E-state index contributed by atoms with van der Waals surface area (Å²) in [6.07, 6.45) is 0. The Bertz CT molecular complexity index is 1220. The molecule has 0 aliphatic rings. The number of carbonyl (C=O) groups excluding carboxylic acids is 1. The van der Waals surface area contributed by atoms with Gasteiger partial charge in [0.15, 0.2) is 5.58 Å². The van der Waals surface area contributed by atoms with E-state index in [1.807, 2.05) is 25.1 Å². The van der Waals surface area contributed by atoms with Crippen molar-refractivity contribution in [2.45, 2.75) is 6.92 Å². The zero-order valence-corrected chi connectivity index (χ0v) is 17.1. The van der Waals surface area contributed by atoms with Crippen molar-refractivity contribution in [2.24, 2.45) is 0 Å². The van der Waals surface area contributed by atoms with Crippen molar-refractivity contribution >= 4 is 45.9 Å². The average molecular weight is 427 g/mol. The van der Waals surface area contributed by atoms with Gasteiger partial charge in [-0.05, 0) is 61.0 Å². The van der Waals surface area contributed by atoms with Crippen LogP contribution >= 0.6 is 23.2 Å². The zero-order valence-electron chi connectivity index (χ0n) is 15.6. The number of halogens is 2. The van der Waals surface area contributed by atoms with E-state index in [9.17, 15) is 4.79 Å². The largest absolute Gasteiger partial charge is 0.497 e. The molecule has 0 spiro atoms. The summed E-state index contributed by atoms with van der Waals surface area (Å²) < 4.78 is 10.9. The third-order valence-corrected chi connectivity index (χ3v) is 4.99. The van der Waals surface area contributed by atoms with E-state index in [1.54, 1.807) is 43.5 Å². The molecular weight excluding hydrogens is 411 g/mol. The lowest BCUT2D eigenvalue weighted by atomic mass is 10.1. The van der Waals surface area contributed by atoms with E-state index >= 15 is 0 Å². The third kappa shape index (κ3) is 3.92.